The van der Waals surface area contributed by atoms with Crippen LogP contribution in [0.4, 0.5) is 5.69 Å². The molecule has 9 nitrogen and oxygen atoms in total. The van der Waals surface area contributed by atoms with Crippen molar-refractivity contribution in [1.82, 2.24) is 15.1 Å². The minimum absolute atomic E-state index is 0.0885. The molecule has 10 heteroatoms. The van der Waals surface area contributed by atoms with Crippen LogP contribution in [0.1, 0.15) is 23.4 Å². The smallest absolute Gasteiger partial charge is 0.263 e. The van der Waals surface area contributed by atoms with E-state index in [0.717, 1.165) is 29.3 Å². The van der Waals surface area contributed by atoms with Crippen molar-refractivity contribution in [3.8, 4) is 11.4 Å². The van der Waals surface area contributed by atoms with Gasteiger partial charge in [0.05, 0.1) is 5.69 Å². The van der Waals surface area contributed by atoms with E-state index >= 15 is 0 Å². The summed E-state index contributed by atoms with van der Waals surface area (Å²) in [5.41, 5.74) is 3.89. The van der Waals surface area contributed by atoms with Crippen molar-refractivity contribution >= 4 is 33.4 Å². The van der Waals surface area contributed by atoms with Crippen LogP contribution in [0.25, 0.3) is 11.4 Å². The lowest BCUT2D eigenvalue weighted by Gasteiger charge is -2.19. The van der Waals surface area contributed by atoms with Crippen LogP contribution in [0.5, 0.6) is 0 Å². The number of amides is 2. The van der Waals surface area contributed by atoms with Gasteiger partial charge in [0, 0.05) is 10.0 Å². The number of rotatable bonds is 4. The van der Waals surface area contributed by atoms with Crippen LogP contribution in [-0.2, 0) is 29.0 Å². The second-order valence-corrected chi connectivity index (χ2v) is 8.94. The summed E-state index contributed by atoms with van der Waals surface area (Å²) in [6.45, 7) is 0.0885. The van der Waals surface area contributed by atoms with E-state index in [2.05, 4.69) is 36.4 Å². The lowest BCUT2D eigenvalue weighted by Crippen LogP contribution is -2.39. The second-order valence-electron chi connectivity index (χ2n) is 8.03. The van der Waals surface area contributed by atoms with Crippen LogP contribution in [0.15, 0.2) is 61.8 Å². The van der Waals surface area contributed by atoms with E-state index in [1.807, 2.05) is 42.5 Å². The summed E-state index contributed by atoms with van der Waals surface area (Å²) in [4.78, 5) is 31.9. The Morgan fingerprint density at radius 1 is 1.03 bits per heavy atom. The van der Waals surface area contributed by atoms with E-state index < -0.39 is 12.1 Å². The summed E-state index contributed by atoms with van der Waals surface area (Å²) < 4.78 is 6.31. The molecular formula is C22H17BrN6O3. The highest BCUT2D eigenvalue weighted by molar-refractivity contribution is 9.10. The molecule has 1 saturated heterocycles. The molecule has 32 heavy (non-hydrogen) atoms. The van der Waals surface area contributed by atoms with Gasteiger partial charge >= 0.3 is 0 Å². The van der Waals surface area contributed by atoms with E-state index in [1.54, 1.807) is 0 Å². The average molecular weight is 493 g/mol. The SMILES string of the molecule is O=C1[C@H]2N=NN(Cc3nc(-c4ccc(Br)cc4)no3)[C@@H]2C(=O)N1c1ccc2c(c1)CCC2. The van der Waals surface area contributed by atoms with Gasteiger partial charge in [-0.2, -0.15) is 10.1 Å². The number of fused-ring (bicyclic) bond motifs is 2. The van der Waals surface area contributed by atoms with E-state index in [9.17, 15) is 9.59 Å². The molecule has 3 heterocycles. The van der Waals surface area contributed by atoms with Crippen molar-refractivity contribution in [3.63, 3.8) is 0 Å². The standard InChI is InChI=1S/C22H17BrN6O3/c23-15-7-4-13(5-8-15)20-24-17(32-26-20)11-28-19-18(25-27-28)21(30)29(22(19)31)16-9-6-12-2-1-3-14(12)10-16/h4-10,18-19H,1-3,11H2/t18-,19-/m0/s1. The zero-order valence-corrected chi connectivity index (χ0v) is 18.4. The zero-order valence-electron chi connectivity index (χ0n) is 16.8. The molecule has 2 amide bonds. The lowest BCUT2D eigenvalue weighted by atomic mass is 10.1. The van der Waals surface area contributed by atoms with Gasteiger partial charge in [0.2, 0.25) is 11.7 Å². The number of benzene rings is 2. The molecule has 1 fully saturated rings. The predicted octanol–water partition coefficient (Wildman–Crippen LogP) is 3.48. The third-order valence-electron chi connectivity index (χ3n) is 6.07. The number of nitrogens with zero attached hydrogens (tertiary/aromatic N) is 6. The van der Waals surface area contributed by atoms with Crippen LogP contribution in [0.3, 0.4) is 0 Å². The van der Waals surface area contributed by atoms with E-state index in [0.29, 0.717) is 17.4 Å². The summed E-state index contributed by atoms with van der Waals surface area (Å²) in [6.07, 6.45) is 3.10. The maximum atomic E-state index is 13.2. The highest BCUT2D eigenvalue weighted by Gasteiger charge is 2.55. The molecule has 160 valence electrons. The quantitative estimate of drug-likeness (QED) is 0.516. The monoisotopic (exact) mass is 492 g/mol. The van der Waals surface area contributed by atoms with Gasteiger partial charge in [-0.25, -0.2) is 4.90 Å². The van der Waals surface area contributed by atoms with Crippen molar-refractivity contribution in [1.29, 1.82) is 0 Å². The van der Waals surface area contributed by atoms with E-state index in [1.165, 1.54) is 21.0 Å². The molecule has 3 aromatic rings. The summed E-state index contributed by atoms with van der Waals surface area (Å²) in [6, 6.07) is 11.7. The maximum Gasteiger partial charge on any atom is 0.263 e. The van der Waals surface area contributed by atoms with E-state index in [4.69, 9.17) is 4.52 Å². The molecule has 2 aromatic carbocycles. The van der Waals surface area contributed by atoms with Crippen molar-refractivity contribution in [2.24, 2.45) is 10.3 Å². The molecule has 1 aliphatic carbocycles. The lowest BCUT2D eigenvalue weighted by molar-refractivity contribution is -0.123. The van der Waals surface area contributed by atoms with Crippen LogP contribution in [0, 0.1) is 0 Å². The summed E-state index contributed by atoms with van der Waals surface area (Å²) in [5.74, 6) is 0.0356. The largest absolute Gasteiger partial charge is 0.337 e. The number of hydrogen-bond donors (Lipinski definition) is 0. The number of imide groups is 1. The molecule has 0 unspecified atom stereocenters. The molecule has 0 bridgehead atoms. The first-order valence-electron chi connectivity index (χ1n) is 10.3. The second kappa shape index (κ2) is 7.33. The Labute approximate surface area is 191 Å². The molecule has 0 radical (unpaired) electrons. The average Bonchev–Trinajstić information content (AvgIpc) is 3.56. The Morgan fingerprint density at radius 3 is 2.69 bits per heavy atom. The Balaban J connectivity index is 1.23. The molecule has 3 aliphatic rings. The van der Waals surface area contributed by atoms with Crippen LogP contribution in [-0.4, -0.2) is 39.0 Å². The number of carbonyl (C=O) groups is 2. The van der Waals surface area contributed by atoms with Crippen molar-refractivity contribution in [2.75, 3.05) is 4.90 Å². The molecule has 1 aromatic heterocycles. The molecule has 0 N–H and O–H groups in total. The number of halogens is 1. The highest BCUT2D eigenvalue weighted by atomic mass is 79.9. The summed E-state index contributed by atoms with van der Waals surface area (Å²) in [5, 5.41) is 13.6. The third kappa shape index (κ3) is 3.05. The van der Waals surface area contributed by atoms with Gasteiger partial charge < -0.3 is 4.52 Å². The van der Waals surface area contributed by atoms with Gasteiger partial charge in [-0.15, -0.1) is 0 Å². The normalized spacial score (nSPS) is 21.5. The molecule has 0 saturated carbocycles. The minimum atomic E-state index is -0.857. The van der Waals surface area contributed by atoms with Crippen LogP contribution >= 0.6 is 15.9 Å². The fraction of sp³-hybridized carbons (Fsp3) is 0.273. The topological polar surface area (TPSA) is 104 Å². The first kappa shape index (κ1) is 19.3. The Hall–Kier alpha value is -3.40. The first-order chi connectivity index (χ1) is 15.6. The maximum absolute atomic E-state index is 13.2. The highest BCUT2D eigenvalue weighted by Crippen LogP contribution is 2.35. The number of aryl methyl sites for hydroxylation is 2. The van der Waals surface area contributed by atoms with Gasteiger partial charge in [0.1, 0.15) is 6.54 Å². The minimum Gasteiger partial charge on any atom is -0.337 e. The molecule has 2 aliphatic heterocycles. The Morgan fingerprint density at radius 2 is 1.84 bits per heavy atom. The van der Waals surface area contributed by atoms with Crippen molar-refractivity contribution in [2.45, 2.75) is 37.9 Å². The van der Waals surface area contributed by atoms with Gasteiger partial charge in [0.25, 0.3) is 11.8 Å². The predicted molar refractivity (Wildman–Crippen MR) is 116 cm³/mol. The molecule has 0 spiro atoms. The number of anilines is 1. The van der Waals surface area contributed by atoms with Crippen LogP contribution in [0.2, 0.25) is 0 Å². The summed E-state index contributed by atoms with van der Waals surface area (Å²) >= 11 is 3.40. The van der Waals surface area contributed by atoms with Gasteiger partial charge in [-0.1, -0.05) is 32.4 Å². The van der Waals surface area contributed by atoms with Crippen molar-refractivity contribution in [3.05, 3.63) is 64.0 Å². The van der Waals surface area contributed by atoms with E-state index in [-0.39, 0.29) is 18.4 Å². The fourth-order valence-electron chi connectivity index (χ4n) is 4.48. The summed E-state index contributed by atoms with van der Waals surface area (Å²) in [7, 11) is 0. The fourth-order valence-corrected chi connectivity index (χ4v) is 4.74. The number of hydrogen-bond acceptors (Lipinski definition) is 8. The van der Waals surface area contributed by atoms with Crippen LogP contribution < -0.4 is 4.90 Å². The van der Waals surface area contributed by atoms with Gasteiger partial charge in [-0.3, -0.25) is 14.6 Å². The first-order valence-corrected chi connectivity index (χ1v) is 11.1. The Bertz CT molecular complexity index is 1270. The molecule has 2 atom stereocenters. The van der Waals surface area contributed by atoms with Gasteiger partial charge in [-0.05, 0) is 66.8 Å². The zero-order chi connectivity index (χ0) is 21.8. The van der Waals surface area contributed by atoms with Gasteiger partial charge in [0.15, 0.2) is 12.1 Å². The number of carbonyl (C=O) groups excluding carboxylic acids is 2. The molecule has 6 rings (SSSR count). The Kier molecular flexibility index (Phi) is 4.42. The third-order valence-corrected chi connectivity index (χ3v) is 6.59. The van der Waals surface area contributed by atoms with Crippen molar-refractivity contribution < 1.29 is 14.1 Å². The molecular weight excluding hydrogens is 476 g/mol. The number of aromatic nitrogens is 2.